The van der Waals surface area contributed by atoms with Crippen molar-refractivity contribution in [1.29, 1.82) is 0 Å². The lowest BCUT2D eigenvalue weighted by atomic mass is 9.98. The SMILES string of the molecule is C=C(NCON)c1cccc2cccc(C)c12. The van der Waals surface area contributed by atoms with Crippen molar-refractivity contribution < 1.29 is 4.84 Å². The van der Waals surface area contributed by atoms with E-state index < -0.39 is 0 Å². The van der Waals surface area contributed by atoms with Crippen LogP contribution in [0.3, 0.4) is 0 Å². The summed E-state index contributed by atoms with van der Waals surface area (Å²) in [5.74, 6) is 4.99. The Balaban J connectivity index is 2.50. The third-order valence-corrected chi connectivity index (χ3v) is 2.81. The molecule has 0 saturated heterocycles. The number of benzene rings is 2. The van der Waals surface area contributed by atoms with Crippen molar-refractivity contribution in [3.05, 3.63) is 54.1 Å². The van der Waals surface area contributed by atoms with Crippen molar-refractivity contribution in [1.82, 2.24) is 5.32 Å². The van der Waals surface area contributed by atoms with Crippen LogP contribution in [0.15, 0.2) is 43.0 Å². The van der Waals surface area contributed by atoms with Gasteiger partial charge in [0.05, 0.1) is 0 Å². The molecule has 0 bridgehead atoms. The molecule has 0 aliphatic carbocycles. The normalized spacial score (nSPS) is 10.5. The number of hydrogen-bond donors (Lipinski definition) is 2. The molecule has 2 aromatic carbocycles. The minimum atomic E-state index is 0.251. The molecule has 0 unspecified atom stereocenters. The van der Waals surface area contributed by atoms with E-state index in [0.717, 1.165) is 11.3 Å². The Labute approximate surface area is 101 Å². The minimum Gasteiger partial charge on any atom is -0.361 e. The lowest BCUT2D eigenvalue weighted by Gasteiger charge is -2.13. The maximum Gasteiger partial charge on any atom is 0.137 e. The quantitative estimate of drug-likeness (QED) is 0.624. The molecule has 3 heteroatoms. The Bertz CT molecular complexity index is 544. The Kier molecular flexibility index (Phi) is 3.42. The summed E-state index contributed by atoms with van der Waals surface area (Å²) >= 11 is 0. The fraction of sp³-hybridized carbons (Fsp3) is 0.143. The third-order valence-electron chi connectivity index (χ3n) is 2.81. The lowest BCUT2D eigenvalue weighted by molar-refractivity contribution is 0.131. The molecule has 0 heterocycles. The molecule has 0 fully saturated rings. The van der Waals surface area contributed by atoms with Crippen LogP contribution in [0.25, 0.3) is 16.5 Å². The molecule has 0 saturated carbocycles. The summed E-state index contributed by atoms with van der Waals surface area (Å²) < 4.78 is 0. The topological polar surface area (TPSA) is 47.3 Å². The van der Waals surface area contributed by atoms with Gasteiger partial charge in [-0.15, -0.1) is 0 Å². The van der Waals surface area contributed by atoms with Gasteiger partial charge < -0.3 is 5.32 Å². The molecule has 0 amide bonds. The number of fused-ring (bicyclic) bond motifs is 1. The summed E-state index contributed by atoms with van der Waals surface area (Å²) in [4.78, 5) is 4.50. The van der Waals surface area contributed by atoms with Gasteiger partial charge in [0.25, 0.3) is 0 Å². The van der Waals surface area contributed by atoms with E-state index in [0.29, 0.717) is 0 Å². The van der Waals surface area contributed by atoms with E-state index >= 15 is 0 Å². The van der Waals surface area contributed by atoms with Crippen LogP contribution in [-0.4, -0.2) is 6.73 Å². The van der Waals surface area contributed by atoms with Crippen LogP contribution in [0, 0.1) is 6.92 Å². The van der Waals surface area contributed by atoms with Crippen molar-refractivity contribution >= 4 is 16.5 Å². The van der Waals surface area contributed by atoms with Gasteiger partial charge in [-0.2, -0.15) is 0 Å². The van der Waals surface area contributed by atoms with Gasteiger partial charge in [0.2, 0.25) is 0 Å². The molecule has 0 atom stereocenters. The van der Waals surface area contributed by atoms with Crippen molar-refractivity contribution in [2.45, 2.75) is 6.92 Å². The van der Waals surface area contributed by atoms with Crippen molar-refractivity contribution in [2.24, 2.45) is 5.90 Å². The van der Waals surface area contributed by atoms with Crippen molar-refractivity contribution in [2.75, 3.05) is 6.73 Å². The molecule has 0 radical (unpaired) electrons. The van der Waals surface area contributed by atoms with Gasteiger partial charge in [0, 0.05) is 11.3 Å². The smallest absolute Gasteiger partial charge is 0.137 e. The monoisotopic (exact) mass is 228 g/mol. The Morgan fingerprint density at radius 3 is 2.71 bits per heavy atom. The van der Waals surface area contributed by atoms with Crippen LogP contribution in [0.1, 0.15) is 11.1 Å². The van der Waals surface area contributed by atoms with Gasteiger partial charge >= 0.3 is 0 Å². The molecule has 0 aromatic heterocycles. The summed E-state index contributed by atoms with van der Waals surface area (Å²) in [6, 6.07) is 12.4. The van der Waals surface area contributed by atoms with E-state index in [4.69, 9.17) is 5.90 Å². The highest BCUT2D eigenvalue weighted by atomic mass is 16.6. The van der Waals surface area contributed by atoms with Crippen LogP contribution in [0.4, 0.5) is 0 Å². The first-order valence-corrected chi connectivity index (χ1v) is 5.47. The number of aryl methyl sites for hydroxylation is 1. The highest BCUT2D eigenvalue weighted by Crippen LogP contribution is 2.25. The van der Waals surface area contributed by atoms with Crippen molar-refractivity contribution in [3.8, 4) is 0 Å². The molecule has 2 rings (SSSR count). The lowest BCUT2D eigenvalue weighted by Crippen LogP contribution is -2.18. The first kappa shape index (κ1) is 11.6. The molecule has 17 heavy (non-hydrogen) atoms. The fourth-order valence-corrected chi connectivity index (χ4v) is 2.00. The molecular formula is C14H16N2O. The largest absolute Gasteiger partial charge is 0.361 e. The second-order valence-electron chi connectivity index (χ2n) is 3.94. The Morgan fingerprint density at radius 1 is 1.29 bits per heavy atom. The maximum absolute atomic E-state index is 4.99. The van der Waals surface area contributed by atoms with E-state index in [9.17, 15) is 0 Å². The molecule has 88 valence electrons. The minimum absolute atomic E-state index is 0.251. The molecule has 0 spiro atoms. The van der Waals surface area contributed by atoms with Gasteiger partial charge in [0.1, 0.15) is 6.73 Å². The zero-order valence-electron chi connectivity index (χ0n) is 9.86. The van der Waals surface area contributed by atoms with E-state index in [2.05, 4.69) is 47.9 Å². The average Bonchev–Trinajstić information content (AvgIpc) is 2.35. The summed E-state index contributed by atoms with van der Waals surface area (Å²) in [5, 5.41) is 5.45. The van der Waals surface area contributed by atoms with Crippen LogP contribution < -0.4 is 11.2 Å². The zero-order valence-corrected chi connectivity index (χ0v) is 9.86. The first-order chi connectivity index (χ1) is 8.24. The Hall–Kier alpha value is -1.84. The van der Waals surface area contributed by atoms with Gasteiger partial charge in [-0.05, 0) is 23.3 Å². The molecule has 3 nitrogen and oxygen atoms in total. The van der Waals surface area contributed by atoms with E-state index in [1.165, 1.54) is 16.3 Å². The van der Waals surface area contributed by atoms with Gasteiger partial charge in [0.15, 0.2) is 0 Å². The number of rotatable bonds is 4. The standard InChI is InChI=1S/C14H16N2O/c1-10-5-3-6-12-7-4-8-13(14(10)12)11(2)16-9-17-15/h3-8,16H,2,9,15H2,1H3. The first-order valence-electron chi connectivity index (χ1n) is 5.47. The predicted molar refractivity (Wildman–Crippen MR) is 71.0 cm³/mol. The highest BCUT2D eigenvalue weighted by Gasteiger charge is 2.06. The Morgan fingerprint density at radius 2 is 2.00 bits per heavy atom. The second-order valence-corrected chi connectivity index (χ2v) is 3.94. The van der Waals surface area contributed by atoms with Crippen LogP contribution in [-0.2, 0) is 4.84 Å². The molecule has 3 N–H and O–H groups in total. The van der Waals surface area contributed by atoms with E-state index in [1.807, 2.05) is 12.1 Å². The van der Waals surface area contributed by atoms with Crippen LogP contribution in [0.5, 0.6) is 0 Å². The average molecular weight is 228 g/mol. The molecule has 0 aliphatic heterocycles. The summed E-state index contributed by atoms with van der Waals surface area (Å²) in [5.41, 5.74) is 3.13. The summed E-state index contributed by atoms with van der Waals surface area (Å²) in [6.45, 7) is 6.35. The van der Waals surface area contributed by atoms with Crippen LogP contribution >= 0.6 is 0 Å². The van der Waals surface area contributed by atoms with Gasteiger partial charge in [-0.3, -0.25) is 4.84 Å². The predicted octanol–water partition coefficient (Wildman–Crippen LogP) is 2.56. The maximum atomic E-state index is 4.99. The number of nitrogens with two attached hydrogens (primary N) is 1. The fourth-order valence-electron chi connectivity index (χ4n) is 2.00. The molecule has 0 aliphatic rings. The van der Waals surface area contributed by atoms with Gasteiger partial charge in [-0.25, -0.2) is 5.90 Å². The van der Waals surface area contributed by atoms with E-state index in [-0.39, 0.29) is 6.73 Å². The van der Waals surface area contributed by atoms with Gasteiger partial charge in [-0.1, -0.05) is 43.0 Å². The number of hydrogen-bond acceptors (Lipinski definition) is 3. The summed E-state index contributed by atoms with van der Waals surface area (Å²) in [7, 11) is 0. The van der Waals surface area contributed by atoms with E-state index in [1.54, 1.807) is 0 Å². The highest BCUT2D eigenvalue weighted by molar-refractivity contribution is 5.95. The van der Waals surface area contributed by atoms with Crippen molar-refractivity contribution in [3.63, 3.8) is 0 Å². The zero-order chi connectivity index (χ0) is 12.3. The second kappa shape index (κ2) is 4.99. The third kappa shape index (κ3) is 2.30. The summed E-state index contributed by atoms with van der Waals surface area (Å²) in [6.07, 6.45) is 0. The number of nitrogens with one attached hydrogen (secondary N) is 1. The molecule has 2 aromatic rings. The molecular weight excluding hydrogens is 212 g/mol. The van der Waals surface area contributed by atoms with Crippen LogP contribution in [0.2, 0.25) is 0 Å².